The van der Waals surface area contributed by atoms with Crippen LogP contribution in [0.3, 0.4) is 0 Å². The van der Waals surface area contributed by atoms with E-state index in [1.165, 1.54) is 12.1 Å². The van der Waals surface area contributed by atoms with E-state index < -0.39 is 4.92 Å². The minimum atomic E-state index is -0.407. The Morgan fingerprint density at radius 3 is 2.59 bits per heavy atom. The van der Waals surface area contributed by atoms with Crippen molar-refractivity contribution < 1.29 is 9.45 Å². The number of aromatic nitrogens is 3. The summed E-state index contributed by atoms with van der Waals surface area (Å²) in [6, 6.07) is 10.3. The fourth-order valence-electron chi connectivity index (χ4n) is 3.46. The van der Waals surface area contributed by atoms with Crippen molar-refractivity contribution in [1.29, 1.82) is 0 Å². The Morgan fingerprint density at radius 1 is 1.10 bits per heavy atom. The van der Waals surface area contributed by atoms with Crippen LogP contribution >= 0.6 is 0 Å². The standard InChI is InChI=1S/C20H22N6O3/c1-14-10-19(22-20(21-14)16-4-3-5-18(12-16)26(27)28)25-8-6-24(7-9-25)13-17-11-15(2)29-23-17/h3-5,10-12H,6-9,13H2,1-2H3. The molecule has 0 N–H and O–H groups in total. The summed E-state index contributed by atoms with van der Waals surface area (Å²) in [5.41, 5.74) is 2.45. The highest BCUT2D eigenvalue weighted by Gasteiger charge is 2.20. The van der Waals surface area contributed by atoms with Gasteiger partial charge in [0.1, 0.15) is 11.6 Å². The molecule has 1 aliphatic heterocycles. The lowest BCUT2D eigenvalue weighted by Crippen LogP contribution is -2.46. The summed E-state index contributed by atoms with van der Waals surface area (Å²) in [7, 11) is 0. The van der Waals surface area contributed by atoms with Gasteiger partial charge < -0.3 is 9.42 Å². The van der Waals surface area contributed by atoms with Crippen molar-refractivity contribution in [2.45, 2.75) is 20.4 Å². The largest absolute Gasteiger partial charge is 0.361 e. The van der Waals surface area contributed by atoms with Crippen LogP contribution in [0, 0.1) is 24.0 Å². The number of non-ortho nitro benzene ring substituents is 1. The van der Waals surface area contributed by atoms with E-state index in [9.17, 15) is 10.1 Å². The number of benzene rings is 1. The molecule has 1 aromatic carbocycles. The van der Waals surface area contributed by atoms with Gasteiger partial charge in [0.2, 0.25) is 0 Å². The Morgan fingerprint density at radius 2 is 1.90 bits per heavy atom. The fraction of sp³-hybridized carbons (Fsp3) is 0.350. The predicted octanol–water partition coefficient (Wildman–Crippen LogP) is 2.98. The second kappa shape index (κ2) is 7.96. The van der Waals surface area contributed by atoms with Crippen LogP contribution in [-0.2, 0) is 6.54 Å². The van der Waals surface area contributed by atoms with Crippen LogP contribution in [0.4, 0.5) is 11.5 Å². The van der Waals surface area contributed by atoms with E-state index in [-0.39, 0.29) is 5.69 Å². The molecule has 0 aliphatic carbocycles. The SMILES string of the molecule is Cc1cc(N2CCN(Cc3cc(C)on3)CC2)nc(-c2cccc([N+](=O)[O-])c2)n1. The first kappa shape index (κ1) is 19.0. The molecule has 1 saturated heterocycles. The number of aryl methyl sites for hydroxylation is 2. The van der Waals surface area contributed by atoms with Gasteiger partial charge in [-0.1, -0.05) is 17.3 Å². The molecule has 3 aromatic rings. The van der Waals surface area contributed by atoms with Gasteiger partial charge in [0.05, 0.1) is 10.6 Å². The minimum absolute atomic E-state index is 0.0332. The molecule has 3 heterocycles. The summed E-state index contributed by atoms with van der Waals surface area (Å²) in [5, 5.41) is 15.1. The number of nitro benzene ring substituents is 1. The van der Waals surface area contributed by atoms with Gasteiger partial charge in [-0.3, -0.25) is 15.0 Å². The van der Waals surface area contributed by atoms with Crippen LogP contribution in [0.1, 0.15) is 17.1 Å². The summed E-state index contributed by atoms with van der Waals surface area (Å²) in [5.74, 6) is 2.17. The summed E-state index contributed by atoms with van der Waals surface area (Å²) >= 11 is 0. The number of nitrogens with zero attached hydrogens (tertiary/aromatic N) is 6. The Hall–Kier alpha value is -3.33. The van der Waals surface area contributed by atoms with Gasteiger partial charge in [-0.25, -0.2) is 9.97 Å². The molecule has 0 atom stereocenters. The maximum atomic E-state index is 11.1. The number of hydrogen-bond donors (Lipinski definition) is 0. The monoisotopic (exact) mass is 394 g/mol. The van der Waals surface area contributed by atoms with E-state index in [4.69, 9.17) is 4.52 Å². The van der Waals surface area contributed by atoms with E-state index in [2.05, 4.69) is 24.9 Å². The van der Waals surface area contributed by atoms with Crippen molar-refractivity contribution in [3.8, 4) is 11.4 Å². The van der Waals surface area contributed by atoms with E-state index in [0.717, 1.165) is 55.7 Å². The lowest BCUT2D eigenvalue weighted by molar-refractivity contribution is -0.384. The molecule has 0 bridgehead atoms. The molecule has 0 unspecified atom stereocenters. The molecule has 1 aliphatic rings. The van der Waals surface area contributed by atoms with Crippen LogP contribution in [0.5, 0.6) is 0 Å². The predicted molar refractivity (Wildman–Crippen MR) is 108 cm³/mol. The third-order valence-electron chi connectivity index (χ3n) is 4.91. The van der Waals surface area contributed by atoms with Crippen molar-refractivity contribution >= 4 is 11.5 Å². The summed E-state index contributed by atoms with van der Waals surface area (Å²) in [6.45, 7) is 8.03. The lowest BCUT2D eigenvalue weighted by Gasteiger charge is -2.35. The molecule has 0 saturated carbocycles. The normalized spacial score (nSPS) is 14.9. The van der Waals surface area contributed by atoms with Gasteiger partial charge in [0.25, 0.3) is 5.69 Å². The molecule has 4 rings (SSSR count). The number of nitro groups is 1. The lowest BCUT2D eigenvalue weighted by atomic mass is 10.2. The van der Waals surface area contributed by atoms with Crippen LogP contribution in [-0.4, -0.2) is 51.1 Å². The molecule has 1 fully saturated rings. The number of piperazine rings is 1. The topological polar surface area (TPSA) is 101 Å². The van der Waals surface area contributed by atoms with E-state index in [1.807, 2.05) is 26.0 Å². The average Bonchev–Trinajstić information content (AvgIpc) is 3.13. The molecule has 29 heavy (non-hydrogen) atoms. The van der Waals surface area contributed by atoms with E-state index in [1.54, 1.807) is 12.1 Å². The highest BCUT2D eigenvalue weighted by Crippen LogP contribution is 2.24. The van der Waals surface area contributed by atoms with Gasteiger partial charge in [0, 0.05) is 68.2 Å². The zero-order valence-electron chi connectivity index (χ0n) is 16.4. The molecular weight excluding hydrogens is 372 g/mol. The average molecular weight is 394 g/mol. The maximum Gasteiger partial charge on any atom is 0.270 e. The molecule has 0 amide bonds. The number of hydrogen-bond acceptors (Lipinski definition) is 8. The van der Waals surface area contributed by atoms with Gasteiger partial charge in [0.15, 0.2) is 5.82 Å². The molecule has 0 spiro atoms. The van der Waals surface area contributed by atoms with Crippen molar-refractivity contribution in [3.63, 3.8) is 0 Å². The Labute approximate surface area is 168 Å². The van der Waals surface area contributed by atoms with Crippen molar-refractivity contribution in [2.24, 2.45) is 0 Å². The first-order valence-corrected chi connectivity index (χ1v) is 9.48. The second-order valence-electron chi connectivity index (χ2n) is 7.19. The Kier molecular flexibility index (Phi) is 5.22. The molecule has 150 valence electrons. The van der Waals surface area contributed by atoms with Gasteiger partial charge in [-0.2, -0.15) is 0 Å². The summed E-state index contributed by atoms with van der Waals surface area (Å²) in [4.78, 5) is 24.4. The second-order valence-corrected chi connectivity index (χ2v) is 7.19. The van der Waals surface area contributed by atoms with Gasteiger partial charge in [-0.05, 0) is 13.8 Å². The maximum absolute atomic E-state index is 11.1. The molecular formula is C20H22N6O3. The Bertz CT molecular complexity index is 1030. The van der Waals surface area contributed by atoms with Crippen molar-refractivity contribution in [2.75, 3.05) is 31.1 Å². The fourth-order valence-corrected chi connectivity index (χ4v) is 3.46. The summed E-state index contributed by atoms with van der Waals surface area (Å²) < 4.78 is 5.14. The third kappa shape index (κ3) is 4.40. The zero-order valence-corrected chi connectivity index (χ0v) is 16.4. The Balaban J connectivity index is 1.48. The highest BCUT2D eigenvalue weighted by atomic mass is 16.6. The van der Waals surface area contributed by atoms with Crippen LogP contribution in [0.2, 0.25) is 0 Å². The highest BCUT2D eigenvalue weighted by molar-refractivity contribution is 5.61. The van der Waals surface area contributed by atoms with Crippen LogP contribution in [0.25, 0.3) is 11.4 Å². The zero-order chi connectivity index (χ0) is 20.4. The van der Waals surface area contributed by atoms with Crippen LogP contribution < -0.4 is 4.90 Å². The number of rotatable bonds is 5. The molecule has 9 heteroatoms. The minimum Gasteiger partial charge on any atom is -0.361 e. The smallest absolute Gasteiger partial charge is 0.270 e. The number of anilines is 1. The van der Waals surface area contributed by atoms with Crippen LogP contribution in [0.15, 0.2) is 40.9 Å². The van der Waals surface area contributed by atoms with Gasteiger partial charge >= 0.3 is 0 Å². The molecule has 9 nitrogen and oxygen atoms in total. The molecule has 2 aromatic heterocycles. The van der Waals surface area contributed by atoms with Crippen molar-refractivity contribution in [1.82, 2.24) is 20.0 Å². The quantitative estimate of drug-likeness (QED) is 0.481. The van der Waals surface area contributed by atoms with E-state index >= 15 is 0 Å². The third-order valence-corrected chi connectivity index (χ3v) is 4.91. The van der Waals surface area contributed by atoms with Crippen molar-refractivity contribution in [3.05, 3.63) is 63.7 Å². The van der Waals surface area contributed by atoms with E-state index in [0.29, 0.717) is 11.4 Å². The first-order valence-electron chi connectivity index (χ1n) is 9.48. The van der Waals surface area contributed by atoms with Gasteiger partial charge in [-0.15, -0.1) is 0 Å². The molecule has 0 radical (unpaired) electrons. The first-order chi connectivity index (χ1) is 14.0. The summed E-state index contributed by atoms with van der Waals surface area (Å²) in [6.07, 6.45) is 0.